The van der Waals surface area contributed by atoms with E-state index in [2.05, 4.69) is 0 Å². The van der Waals surface area contributed by atoms with Crippen LogP contribution in [0.25, 0.3) is 0 Å². The van der Waals surface area contributed by atoms with Gasteiger partial charge in [-0.05, 0) is 6.07 Å². The Bertz CT molecular complexity index is 585. The van der Waals surface area contributed by atoms with Crippen LogP contribution in [0.4, 0.5) is 5.69 Å². The van der Waals surface area contributed by atoms with Gasteiger partial charge in [0.05, 0.1) is 12.0 Å². The summed E-state index contributed by atoms with van der Waals surface area (Å²) >= 11 is 0. The molecule has 6 nitrogen and oxygen atoms in total. The third kappa shape index (κ3) is 2.73. The van der Waals surface area contributed by atoms with E-state index >= 15 is 0 Å². The van der Waals surface area contributed by atoms with Crippen molar-refractivity contribution >= 4 is 15.5 Å². The van der Waals surface area contributed by atoms with Crippen LogP contribution < -0.4 is 4.74 Å². The van der Waals surface area contributed by atoms with Crippen molar-refractivity contribution in [2.45, 2.75) is 4.90 Å². The standard InChI is InChI=1S/C10H9NO5S/c1-3-6-17(14,15)10-7-8(11(12)13)4-5-9(10)16-2/h1,4-5,7H,6H2,2H3. The molecule has 1 rings (SSSR count). The van der Waals surface area contributed by atoms with E-state index in [1.807, 2.05) is 5.92 Å². The van der Waals surface area contributed by atoms with Crippen LogP contribution in [-0.2, 0) is 9.84 Å². The number of hydrogen-bond acceptors (Lipinski definition) is 5. The van der Waals surface area contributed by atoms with Crippen molar-refractivity contribution in [2.75, 3.05) is 12.9 Å². The van der Waals surface area contributed by atoms with E-state index in [9.17, 15) is 18.5 Å². The molecule has 0 saturated heterocycles. The van der Waals surface area contributed by atoms with Gasteiger partial charge < -0.3 is 4.74 Å². The molecule has 0 heterocycles. The largest absolute Gasteiger partial charge is 0.495 e. The minimum atomic E-state index is -3.77. The van der Waals surface area contributed by atoms with Gasteiger partial charge in [-0.25, -0.2) is 8.42 Å². The molecule has 0 aromatic heterocycles. The zero-order valence-electron chi connectivity index (χ0n) is 8.91. The zero-order chi connectivity index (χ0) is 13.1. The Kier molecular flexibility index (Phi) is 3.70. The Morgan fingerprint density at radius 3 is 2.65 bits per heavy atom. The highest BCUT2D eigenvalue weighted by Crippen LogP contribution is 2.28. The van der Waals surface area contributed by atoms with E-state index < -0.39 is 20.5 Å². The summed E-state index contributed by atoms with van der Waals surface area (Å²) in [4.78, 5) is 9.61. The lowest BCUT2D eigenvalue weighted by Crippen LogP contribution is -2.07. The molecule has 0 aliphatic heterocycles. The number of terminal acetylenes is 1. The Morgan fingerprint density at radius 2 is 2.18 bits per heavy atom. The van der Waals surface area contributed by atoms with Crippen LogP contribution >= 0.6 is 0 Å². The molecule has 17 heavy (non-hydrogen) atoms. The lowest BCUT2D eigenvalue weighted by atomic mass is 10.3. The molecule has 0 aliphatic carbocycles. The molecule has 7 heteroatoms. The van der Waals surface area contributed by atoms with E-state index in [-0.39, 0.29) is 16.3 Å². The molecule has 0 bridgehead atoms. The summed E-state index contributed by atoms with van der Waals surface area (Å²) in [6.45, 7) is 0. The molecule has 0 N–H and O–H groups in total. The van der Waals surface area contributed by atoms with Crippen molar-refractivity contribution < 1.29 is 18.1 Å². The Balaban J connectivity index is 3.45. The second kappa shape index (κ2) is 4.84. The average molecular weight is 255 g/mol. The molecule has 0 unspecified atom stereocenters. The summed E-state index contributed by atoms with van der Waals surface area (Å²) in [5.41, 5.74) is -0.332. The third-order valence-electron chi connectivity index (χ3n) is 1.97. The van der Waals surface area contributed by atoms with E-state index in [0.29, 0.717) is 0 Å². The molecule has 0 radical (unpaired) electrons. The van der Waals surface area contributed by atoms with Crippen LogP contribution in [0.5, 0.6) is 5.75 Å². The van der Waals surface area contributed by atoms with Crippen LogP contribution in [0.2, 0.25) is 0 Å². The maximum Gasteiger partial charge on any atom is 0.271 e. The van der Waals surface area contributed by atoms with Crippen molar-refractivity contribution in [3.05, 3.63) is 28.3 Å². The molecule has 1 aromatic carbocycles. The molecule has 90 valence electrons. The number of methoxy groups -OCH3 is 1. The Morgan fingerprint density at radius 1 is 1.53 bits per heavy atom. The minimum absolute atomic E-state index is 0.0332. The van der Waals surface area contributed by atoms with E-state index in [1.165, 1.54) is 13.2 Å². The average Bonchev–Trinajstić information content (AvgIpc) is 2.28. The quantitative estimate of drug-likeness (QED) is 0.455. The lowest BCUT2D eigenvalue weighted by Gasteiger charge is -2.07. The molecule has 0 atom stereocenters. The maximum absolute atomic E-state index is 11.7. The molecule has 0 amide bonds. The number of benzene rings is 1. The summed E-state index contributed by atoms with van der Waals surface area (Å²) in [5, 5.41) is 10.6. The maximum atomic E-state index is 11.7. The van der Waals surface area contributed by atoms with Crippen molar-refractivity contribution in [3.8, 4) is 18.1 Å². The SMILES string of the molecule is C#CCS(=O)(=O)c1cc([N+](=O)[O-])ccc1OC. The van der Waals surface area contributed by atoms with Gasteiger partial charge in [-0.2, -0.15) is 0 Å². The first-order valence-corrected chi connectivity index (χ1v) is 6.06. The number of nitro groups is 1. The van der Waals surface area contributed by atoms with Gasteiger partial charge in [0.15, 0.2) is 9.84 Å². The number of non-ortho nitro benzene ring substituents is 1. The highest BCUT2D eigenvalue weighted by Gasteiger charge is 2.22. The normalized spacial score (nSPS) is 10.6. The summed E-state index contributed by atoms with van der Waals surface area (Å²) in [5.74, 6) is 1.49. The second-order valence-corrected chi connectivity index (χ2v) is 5.01. The van der Waals surface area contributed by atoms with E-state index in [4.69, 9.17) is 11.2 Å². The van der Waals surface area contributed by atoms with Gasteiger partial charge >= 0.3 is 0 Å². The number of ether oxygens (including phenoxy) is 1. The first-order valence-electron chi connectivity index (χ1n) is 4.41. The number of sulfone groups is 1. The molecule has 0 fully saturated rings. The number of nitro benzene ring substituents is 1. The van der Waals surface area contributed by atoms with Gasteiger partial charge in [0.25, 0.3) is 5.69 Å². The van der Waals surface area contributed by atoms with Gasteiger partial charge in [-0.15, -0.1) is 6.42 Å². The predicted octanol–water partition coefficient (Wildman–Crippen LogP) is 1.01. The fourth-order valence-corrected chi connectivity index (χ4v) is 2.34. The van der Waals surface area contributed by atoms with Crippen LogP contribution in [0.15, 0.2) is 23.1 Å². The molecule has 1 aromatic rings. The Labute approximate surface area is 98.3 Å². The van der Waals surface area contributed by atoms with Crippen LogP contribution in [0.3, 0.4) is 0 Å². The lowest BCUT2D eigenvalue weighted by molar-refractivity contribution is -0.385. The highest BCUT2D eigenvalue weighted by atomic mass is 32.2. The topological polar surface area (TPSA) is 86.5 Å². The van der Waals surface area contributed by atoms with Gasteiger partial charge in [0.1, 0.15) is 16.4 Å². The van der Waals surface area contributed by atoms with Gasteiger partial charge in [-0.3, -0.25) is 10.1 Å². The molecular formula is C10H9NO5S. The van der Waals surface area contributed by atoms with Crippen LogP contribution in [0, 0.1) is 22.5 Å². The van der Waals surface area contributed by atoms with Crippen molar-refractivity contribution in [2.24, 2.45) is 0 Å². The number of hydrogen-bond donors (Lipinski definition) is 0. The second-order valence-electron chi connectivity index (χ2n) is 3.06. The smallest absolute Gasteiger partial charge is 0.271 e. The number of rotatable bonds is 4. The van der Waals surface area contributed by atoms with Gasteiger partial charge in [0, 0.05) is 12.1 Å². The van der Waals surface area contributed by atoms with Crippen molar-refractivity contribution in [1.82, 2.24) is 0 Å². The predicted molar refractivity (Wildman–Crippen MR) is 60.5 cm³/mol. The van der Waals surface area contributed by atoms with E-state index in [1.54, 1.807) is 0 Å². The highest BCUT2D eigenvalue weighted by molar-refractivity contribution is 7.91. The first-order chi connectivity index (χ1) is 7.92. The summed E-state index contributed by atoms with van der Waals surface area (Å²) in [6, 6.07) is 3.32. The molecule has 0 spiro atoms. The first kappa shape index (κ1) is 13.0. The Hall–Kier alpha value is -2.07. The summed E-state index contributed by atoms with van der Waals surface area (Å²) in [6.07, 6.45) is 4.94. The third-order valence-corrected chi connectivity index (χ3v) is 3.50. The van der Waals surface area contributed by atoms with Gasteiger partial charge in [0.2, 0.25) is 0 Å². The van der Waals surface area contributed by atoms with Crippen molar-refractivity contribution in [3.63, 3.8) is 0 Å². The molecule has 0 saturated carbocycles. The fourth-order valence-electron chi connectivity index (χ4n) is 1.21. The zero-order valence-corrected chi connectivity index (χ0v) is 9.73. The fraction of sp³-hybridized carbons (Fsp3) is 0.200. The molecular weight excluding hydrogens is 246 g/mol. The van der Waals surface area contributed by atoms with Crippen LogP contribution in [-0.4, -0.2) is 26.2 Å². The monoisotopic (exact) mass is 255 g/mol. The summed E-state index contributed by atoms with van der Waals surface area (Å²) in [7, 11) is -2.50. The summed E-state index contributed by atoms with van der Waals surface area (Å²) < 4.78 is 28.3. The molecule has 0 aliphatic rings. The minimum Gasteiger partial charge on any atom is -0.495 e. The van der Waals surface area contributed by atoms with E-state index in [0.717, 1.165) is 12.1 Å². The van der Waals surface area contributed by atoms with Gasteiger partial charge in [-0.1, -0.05) is 5.92 Å². The van der Waals surface area contributed by atoms with Crippen molar-refractivity contribution in [1.29, 1.82) is 0 Å². The van der Waals surface area contributed by atoms with Crippen LogP contribution in [0.1, 0.15) is 0 Å². The number of nitrogens with zero attached hydrogens (tertiary/aromatic N) is 1.